The van der Waals surface area contributed by atoms with Crippen molar-refractivity contribution < 1.29 is 32.7 Å². The van der Waals surface area contributed by atoms with Crippen LogP contribution in [0.3, 0.4) is 0 Å². The number of carboxylic acid groups (broad SMARTS) is 1. The molecule has 3 unspecified atom stereocenters. The number of nitrogens with zero attached hydrogens (tertiary/aromatic N) is 1. The summed E-state index contributed by atoms with van der Waals surface area (Å²) in [5.41, 5.74) is -0.00307. The van der Waals surface area contributed by atoms with Crippen molar-refractivity contribution >= 4 is 22.9 Å². The zero-order valence-electron chi connectivity index (χ0n) is 30.2. The standard InChI is InChI=1S/C33H44FNO4/c1-11-20(4)35-28(14-15-32(9,38)24(8)33(10,39)23(7)31(36)37)30(25-12-13-27(34)22(6)21(25)5)26-16-18(2)19(3)17-29(26)35/h12-17,20,23-24,38-39H,11H2,1-10H3,(H,36,37)/b15-14+/t20?,23?,24?,32-,33+/m1/s1/i4D3,11D2,20D. The predicted octanol–water partition coefficient (Wildman–Crippen LogP) is 7.52. The molecule has 0 saturated carbocycles. The Labute approximate surface area is 240 Å². The first-order valence-electron chi connectivity index (χ1n) is 16.0. The molecule has 6 heteroatoms. The van der Waals surface area contributed by atoms with Crippen LogP contribution in [0.25, 0.3) is 28.1 Å². The largest absolute Gasteiger partial charge is 0.481 e. The highest BCUT2D eigenvalue weighted by Crippen LogP contribution is 2.42. The summed E-state index contributed by atoms with van der Waals surface area (Å²) in [4.78, 5) is 11.7. The molecule has 0 saturated heterocycles. The smallest absolute Gasteiger partial charge is 0.309 e. The number of rotatable bonds is 9. The number of hydrogen-bond donors (Lipinski definition) is 3. The first-order chi connectivity index (χ1) is 20.2. The first kappa shape index (κ1) is 22.8. The fraction of sp³-hybridized carbons (Fsp3) is 0.485. The Bertz CT molecular complexity index is 1650. The summed E-state index contributed by atoms with van der Waals surface area (Å²) in [6.07, 6.45) is 0.0510. The van der Waals surface area contributed by atoms with E-state index in [1.165, 1.54) is 45.9 Å². The minimum absolute atomic E-state index is 0.0689. The Morgan fingerprint density at radius 3 is 2.33 bits per heavy atom. The van der Waals surface area contributed by atoms with Crippen LogP contribution in [-0.4, -0.2) is 37.1 Å². The van der Waals surface area contributed by atoms with Crippen LogP contribution >= 0.6 is 0 Å². The molecule has 2 aromatic carbocycles. The minimum atomic E-state index is -3.19. The van der Waals surface area contributed by atoms with Gasteiger partial charge in [0, 0.05) is 40.9 Å². The van der Waals surface area contributed by atoms with Gasteiger partial charge in [0.2, 0.25) is 0 Å². The maximum atomic E-state index is 14.7. The summed E-state index contributed by atoms with van der Waals surface area (Å²) in [6.45, 7) is 10.3. The van der Waals surface area contributed by atoms with E-state index in [0.717, 1.165) is 22.6 Å². The van der Waals surface area contributed by atoms with E-state index in [0.29, 0.717) is 27.6 Å². The molecule has 0 radical (unpaired) electrons. The molecule has 0 aliphatic heterocycles. The van der Waals surface area contributed by atoms with Crippen LogP contribution in [0, 0.1) is 45.3 Å². The van der Waals surface area contributed by atoms with Crippen molar-refractivity contribution in [1.82, 2.24) is 4.57 Å². The molecule has 0 spiro atoms. The molecular weight excluding hydrogens is 493 g/mol. The lowest BCUT2D eigenvalue weighted by molar-refractivity contribution is -0.160. The molecule has 0 aliphatic rings. The molecule has 0 fully saturated rings. The number of aromatic nitrogens is 1. The second-order valence-corrected chi connectivity index (χ2v) is 11.1. The van der Waals surface area contributed by atoms with Gasteiger partial charge < -0.3 is 19.9 Å². The Kier molecular flexibility index (Phi) is 6.37. The van der Waals surface area contributed by atoms with Crippen molar-refractivity contribution in [2.75, 3.05) is 0 Å². The summed E-state index contributed by atoms with van der Waals surface area (Å²) in [6, 6.07) is 3.46. The van der Waals surface area contributed by atoms with Crippen LogP contribution in [0.5, 0.6) is 0 Å². The number of fused-ring (bicyclic) bond motifs is 1. The first-order valence-corrected chi connectivity index (χ1v) is 13.0. The fourth-order valence-electron chi connectivity index (χ4n) is 5.03. The topological polar surface area (TPSA) is 82.7 Å². The van der Waals surface area contributed by atoms with Crippen LogP contribution in [0.1, 0.15) is 90.0 Å². The number of carbonyl (C=O) groups is 1. The maximum Gasteiger partial charge on any atom is 0.309 e. The molecule has 5 nitrogen and oxygen atoms in total. The fourth-order valence-corrected chi connectivity index (χ4v) is 5.03. The Balaban J connectivity index is 2.60. The number of carboxylic acids is 1. The molecule has 3 aromatic rings. The molecule has 3 rings (SSSR count). The zero-order chi connectivity index (χ0) is 34.8. The predicted molar refractivity (Wildman–Crippen MR) is 158 cm³/mol. The van der Waals surface area contributed by atoms with Crippen molar-refractivity contribution in [3.8, 4) is 11.1 Å². The van der Waals surface area contributed by atoms with Crippen molar-refractivity contribution in [3.05, 3.63) is 64.1 Å². The van der Waals surface area contributed by atoms with Crippen LogP contribution in [-0.2, 0) is 4.79 Å². The molecule has 0 aliphatic carbocycles. The highest BCUT2D eigenvalue weighted by atomic mass is 19.1. The van der Waals surface area contributed by atoms with E-state index in [1.54, 1.807) is 26.0 Å². The van der Waals surface area contributed by atoms with Crippen LogP contribution in [0.15, 0.2) is 30.3 Å². The molecule has 0 bridgehead atoms. The number of benzene rings is 2. The van der Waals surface area contributed by atoms with E-state index < -0.39 is 54.1 Å². The average molecular weight is 544 g/mol. The maximum absolute atomic E-state index is 14.7. The molecule has 3 N–H and O–H groups in total. The van der Waals surface area contributed by atoms with Gasteiger partial charge in [0.15, 0.2) is 0 Å². The summed E-state index contributed by atoms with van der Waals surface area (Å²) in [7, 11) is 0. The zero-order valence-corrected chi connectivity index (χ0v) is 24.2. The lowest BCUT2D eigenvalue weighted by atomic mass is 9.72. The number of aryl methyl sites for hydroxylation is 2. The minimum Gasteiger partial charge on any atom is -0.481 e. The van der Waals surface area contributed by atoms with E-state index in [2.05, 4.69) is 0 Å². The van der Waals surface area contributed by atoms with Gasteiger partial charge in [0.25, 0.3) is 0 Å². The molecule has 1 aromatic heterocycles. The van der Waals surface area contributed by atoms with Gasteiger partial charge in [-0.15, -0.1) is 0 Å². The van der Waals surface area contributed by atoms with E-state index in [4.69, 9.17) is 6.85 Å². The highest BCUT2D eigenvalue weighted by Gasteiger charge is 2.46. The molecule has 39 heavy (non-hydrogen) atoms. The molecular formula is C33H44FNO4. The summed E-state index contributed by atoms with van der Waals surface area (Å²) in [5.74, 6) is -4.02. The van der Waals surface area contributed by atoms with Crippen LogP contribution < -0.4 is 0 Å². The van der Waals surface area contributed by atoms with Gasteiger partial charge in [-0.05, 0) is 114 Å². The Hall–Kier alpha value is -2.96. The quantitative estimate of drug-likeness (QED) is 0.261. The third-order valence-electron chi connectivity index (χ3n) is 8.65. The SMILES string of the molecule is [2H]C([2H])([2H])C([2H])(n1c(/C=C/[C@@](C)(O)C(C)[C@@](C)(O)C(C)C(=O)O)c(-c2ccc(F)c(C)c2C)c2cc(C)c(C)cc21)C([2H])([2H])C. The molecule has 212 valence electrons. The number of halogens is 1. The van der Waals surface area contributed by atoms with Gasteiger partial charge in [-0.3, -0.25) is 4.79 Å². The van der Waals surface area contributed by atoms with Gasteiger partial charge in [0.05, 0.1) is 18.5 Å². The van der Waals surface area contributed by atoms with E-state index >= 15 is 0 Å². The Morgan fingerprint density at radius 2 is 1.77 bits per heavy atom. The number of aliphatic carboxylic acids is 1. The number of hydrogen-bond acceptors (Lipinski definition) is 3. The van der Waals surface area contributed by atoms with Gasteiger partial charge in [0.1, 0.15) is 5.82 Å². The molecule has 1 heterocycles. The molecule has 0 amide bonds. The normalized spacial score (nSPS) is 21.4. The van der Waals surface area contributed by atoms with Gasteiger partial charge in [-0.2, -0.15) is 0 Å². The molecule has 5 atom stereocenters. The van der Waals surface area contributed by atoms with E-state index in [-0.39, 0.29) is 11.2 Å². The van der Waals surface area contributed by atoms with E-state index in [1.807, 2.05) is 19.9 Å². The summed E-state index contributed by atoms with van der Waals surface area (Å²) >= 11 is 0. The third kappa shape index (κ3) is 5.42. The van der Waals surface area contributed by atoms with E-state index in [9.17, 15) is 25.9 Å². The van der Waals surface area contributed by atoms with Crippen LogP contribution in [0.4, 0.5) is 4.39 Å². The lowest BCUT2D eigenvalue weighted by Gasteiger charge is -2.40. The van der Waals surface area contributed by atoms with Gasteiger partial charge in [-0.1, -0.05) is 26.0 Å². The van der Waals surface area contributed by atoms with Crippen LogP contribution in [0.2, 0.25) is 0 Å². The second kappa shape index (κ2) is 10.9. The lowest BCUT2D eigenvalue weighted by Crippen LogP contribution is -2.52. The van der Waals surface area contributed by atoms with Gasteiger partial charge >= 0.3 is 5.97 Å². The van der Waals surface area contributed by atoms with Crippen molar-refractivity contribution in [2.45, 2.75) is 92.8 Å². The third-order valence-corrected chi connectivity index (χ3v) is 8.65. The monoisotopic (exact) mass is 543 g/mol. The summed E-state index contributed by atoms with van der Waals surface area (Å²) < 4.78 is 67.8. The summed E-state index contributed by atoms with van der Waals surface area (Å²) in [5, 5.41) is 32.9. The second-order valence-electron chi connectivity index (χ2n) is 11.1. The van der Waals surface area contributed by atoms with Crippen molar-refractivity contribution in [2.24, 2.45) is 11.8 Å². The number of aliphatic hydroxyl groups is 2. The average Bonchev–Trinajstić information content (AvgIpc) is 3.20. The Morgan fingerprint density at radius 1 is 1.15 bits per heavy atom. The van der Waals surface area contributed by atoms with Gasteiger partial charge in [-0.25, -0.2) is 4.39 Å². The van der Waals surface area contributed by atoms with Crippen molar-refractivity contribution in [1.29, 1.82) is 0 Å². The van der Waals surface area contributed by atoms with Crippen molar-refractivity contribution in [3.63, 3.8) is 0 Å². The highest BCUT2D eigenvalue weighted by molar-refractivity contribution is 6.02.